The van der Waals surface area contributed by atoms with Crippen molar-refractivity contribution >= 4 is 17.4 Å². The van der Waals surface area contributed by atoms with Gasteiger partial charge in [-0.2, -0.15) is 0 Å². The molecule has 6 nitrogen and oxygen atoms in total. The van der Waals surface area contributed by atoms with Gasteiger partial charge in [-0.1, -0.05) is 0 Å². The summed E-state index contributed by atoms with van der Waals surface area (Å²) in [7, 11) is 1.57. The van der Waals surface area contributed by atoms with Crippen LogP contribution in [0.5, 0.6) is 0 Å². The molecule has 1 heterocycles. The molecule has 0 fully saturated rings. The van der Waals surface area contributed by atoms with Crippen molar-refractivity contribution in [3.63, 3.8) is 0 Å². The third kappa shape index (κ3) is 4.80. The van der Waals surface area contributed by atoms with Crippen LogP contribution in [0.15, 0.2) is 12.3 Å². The minimum Gasteiger partial charge on any atom is -0.397 e. The van der Waals surface area contributed by atoms with E-state index in [0.29, 0.717) is 24.7 Å². The Balaban J connectivity index is 2.40. The quantitative estimate of drug-likeness (QED) is 0.709. The van der Waals surface area contributed by atoms with Crippen LogP contribution in [0.2, 0.25) is 0 Å². The molecule has 0 aliphatic carbocycles. The molecule has 0 radical (unpaired) electrons. The molecule has 0 aliphatic rings. The maximum Gasteiger partial charge on any atom is 0.251 e. The molecule has 1 aromatic heterocycles. The summed E-state index contributed by atoms with van der Waals surface area (Å²) in [5.74, 6) is 0.251. The average Bonchev–Trinajstić information content (AvgIpc) is 2.28. The van der Waals surface area contributed by atoms with Crippen LogP contribution in [0, 0.1) is 6.92 Å². The fourth-order valence-electron chi connectivity index (χ4n) is 1.20. The summed E-state index contributed by atoms with van der Waals surface area (Å²) in [6, 6.07) is 1.74. The number of ether oxygens (including phenoxy) is 2. The number of aryl methyl sites for hydroxylation is 1. The molecule has 6 heteroatoms. The number of methoxy groups -OCH3 is 1. The summed E-state index contributed by atoms with van der Waals surface area (Å²) < 4.78 is 9.87. The number of aromatic nitrogens is 1. The van der Waals surface area contributed by atoms with E-state index in [1.165, 1.54) is 6.20 Å². The lowest BCUT2D eigenvalue weighted by Gasteiger charge is -2.08. The Hall–Kier alpha value is -1.66. The number of nitrogens with two attached hydrogens (primary N) is 1. The molecule has 1 aromatic rings. The van der Waals surface area contributed by atoms with Crippen LogP contribution in [-0.4, -0.2) is 37.8 Å². The second-order valence-electron chi connectivity index (χ2n) is 3.53. The van der Waals surface area contributed by atoms with E-state index in [-0.39, 0.29) is 12.5 Å². The van der Waals surface area contributed by atoms with Gasteiger partial charge in [-0.25, -0.2) is 4.98 Å². The topological polar surface area (TPSA) is 86.5 Å². The number of hydrogen-bond acceptors (Lipinski definition) is 5. The van der Waals surface area contributed by atoms with E-state index in [1.54, 1.807) is 13.2 Å². The van der Waals surface area contributed by atoms with E-state index < -0.39 is 0 Å². The highest BCUT2D eigenvalue weighted by Crippen LogP contribution is 2.13. The van der Waals surface area contributed by atoms with Gasteiger partial charge in [0.15, 0.2) is 0 Å². The van der Waals surface area contributed by atoms with Crippen LogP contribution in [0.1, 0.15) is 5.56 Å². The Morgan fingerprint density at radius 3 is 2.94 bits per heavy atom. The molecular formula is C11H17N3O3. The zero-order valence-electron chi connectivity index (χ0n) is 10.0. The van der Waals surface area contributed by atoms with Gasteiger partial charge in [-0.15, -0.1) is 0 Å². The van der Waals surface area contributed by atoms with Gasteiger partial charge < -0.3 is 20.5 Å². The first-order valence-electron chi connectivity index (χ1n) is 5.22. The van der Waals surface area contributed by atoms with Gasteiger partial charge in [-0.05, 0) is 18.6 Å². The lowest BCUT2D eigenvalue weighted by molar-refractivity contribution is -0.121. The van der Waals surface area contributed by atoms with Crippen molar-refractivity contribution in [3.8, 4) is 0 Å². The van der Waals surface area contributed by atoms with Gasteiger partial charge in [0, 0.05) is 7.11 Å². The minimum absolute atomic E-state index is 0.0190. The first kappa shape index (κ1) is 13.4. The van der Waals surface area contributed by atoms with E-state index in [2.05, 4.69) is 10.3 Å². The average molecular weight is 239 g/mol. The molecule has 3 N–H and O–H groups in total. The third-order valence-electron chi connectivity index (χ3n) is 2.02. The number of anilines is 2. The number of pyridine rings is 1. The standard InChI is InChI=1S/C11H17N3O3/c1-8-5-9(12)6-13-11(8)14-10(15)7-17-4-3-16-2/h5-6H,3-4,7,12H2,1-2H3,(H,13,14,15). The van der Waals surface area contributed by atoms with Crippen LogP contribution in [0.4, 0.5) is 11.5 Å². The Morgan fingerprint density at radius 1 is 1.53 bits per heavy atom. The first-order valence-corrected chi connectivity index (χ1v) is 5.22. The fraction of sp³-hybridized carbons (Fsp3) is 0.455. The van der Waals surface area contributed by atoms with Crippen molar-refractivity contribution in [1.82, 2.24) is 4.98 Å². The fourth-order valence-corrected chi connectivity index (χ4v) is 1.20. The van der Waals surface area contributed by atoms with Crippen molar-refractivity contribution in [2.75, 3.05) is 38.0 Å². The summed E-state index contributed by atoms with van der Waals surface area (Å²) in [5, 5.41) is 2.64. The van der Waals surface area contributed by atoms with E-state index in [0.717, 1.165) is 5.56 Å². The molecule has 0 spiro atoms. The van der Waals surface area contributed by atoms with E-state index in [4.69, 9.17) is 15.2 Å². The predicted molar refractivity (Wildman–Crippen MR) is 64.7 cm³/mol. The Labute approximate surface area is 100 Å². The Kier molecular flexibility index (Phi) is 5.38. The van der Waals surface area contributed by atoms with Crippen molar-refractivity contribution in [3.05, 3.63) is 17.8 Å². The third-order valence-corrected chi connectivity index (χ3v) is 2.02. The number of nitrogens with zero attached hydrogens (tertiary/aromatic N) is 1. The lowest BCUT2D eigenvalue weighted by atomic mass is 10.2. The number of carbonyl (C=O) groups is 1. The van der Waals surface area contributed by atoms with E-state index in [1.807, 2.05) is 6.92 Å². The number of rotatable bonds is 6. The molecule has 0 unspecified atom stereocenters. The number of nitrogen functional groups attached to an aromatic ring is 1. The number of amides is 1. The maximum absolute atomic E-state index is 11.5. The van der Waals surface area contributed by atoms with Gasteiger partial charge in [0.2, 0.25) is 0 Å². The highest BCUT2D eigenvalue weighted by Gasteiger charge is 2.06. The van der Waals surface area contributed by atoms with Gasteiger partial charge >= 0.3 is 0 Å². The molecule has 17 heavy (non-hydrogen) atoms. The highest BCUT2D eigenvalue weighted by atomic mass is 16.5. The molecule has 1 rings (SSSR count). The zero-order chi connectivity index (χ0) is 12.7. The monoisotopic (exact) mass is 239 g/mol. The SMILES string of the molecule is COCCOCC(=O)Nc1ncc(N)cc1C. The Bertz CT molecular complexity index is 382. The summed E-state index contributed by atoms with van der Waals surface area (Å²) in [4.78, 5) is 15.5. The van der Waals surface area contributed by atoms with Crippen LogP contribution >= 0.6 is 0 Å². The zero-order valence-corrected chi connectivity index (χ0v) is 10.0. The summed E-state index contributed by atoms with van der Waals surface area (Å²) in [6.07, 6.45) is 1.49. The first-order chi connectivity index (χ1) is 8.13. The largest absolute Gasteiger partial charge is 0.397 e. The number of hydrogen-bond donors (Lipinski definition) is 2. The van der Waals surface area contributed by atoms with Gasteiger partial charge in [0.25, 0.3) is 5.91 Å². The normalized spacial score (nSPS) is 10.2. The molecule has 1 amide bonds. The smallest absolute Gasteiger partial charge is 0.251 e. The Morgan fingerprint density at radius 2 is 2.29 bits per heavy atom. The van der Waals surface area contributed by atoms with Crippen LogP contribution in [0.3, 0.4) is 0 Å². The van der Waals surface area contributed by atoms with Crippen molar-refractivity contribution in [2.24, 2.45) is 0 Å². The second kappa shape index (κ2) is 6.82. The summed E-state index contributed by atoms with van der Waals surface area (Å²) in [5.41, 5.74) is 6.94. The minimum atomic E-state index is -0.249. The molecular weight excluding hydrogens is 222 g/mol. The molecule has 0 atom stereocenters. The molecule has 0 bridgehead atoms. The molecule has 0 saturated carbocycles. The van der Waals surface area contributed by atoms with Gasteiger partial charge in [0.05, 0.1) is 25.1 Å². The van der Waals surface area contributed by atoms with Gasteiger partial charge in [0.1, 0.15) is 12.4 Å². The van der Waals surface area contributed by atoms with E-state index >= 15 is 0 Å². The molecule has 0 saturated heterocycles. The maximum atomic E-state index is 11.5. The van der Waals surface area contributed by atoms with Gasteiger partial charge in [-0.3, -0.25) is 4.79 Å². The molecule has 94 valence electrons. The number of carbonyl (C=O) groups excluding carboxylic acids is 1. The van der Waals surface area contributed by atoms with Crippen molar-refractivity contribution in [2.45, 2.75) is 6.92 Å². The van der Waals surface area contributed by atoms with Crippen molar-refractivity contribution < 1.29 is 14.3 Å². The molecule has 0 aliphatic heterocycles. The predicted octanol–water partition coefficient (Wildman–Crippen LogP) is 0.574. The summed E-state index contributed by atoms with van der Waals surface area (Å²) in [6.45, 7) is 2.66. The van der Waals surface area contributed by atoms with Crippen LogP contribution in [-0.2, 0) is 14.3 Å². The highest BCUT2D eigenvalue weighted by molar-refractivity contribution is 5.91. The summed E-state index contributed by atoms with van der Waals surface area (Å²) >= 11 is 0. The number of nitrogens with one attached hydrogen (secondary N) is 1. The second-order valence-corrected chi connectivity index (χ2v) is 3.53. The van der Waals surface area contributed by atoms with Crippen LogP contribution < -0.4 is 11.1 Å². The van der Waals surface area contributed by atoms with Crippen LogP contribution in [0.25, 0.3) is 0 Å². The van der Waals surface area contributed by atoms with Crippen molar-refractivity contribution in [1.29, 1.82) is 0 Å². The molecule has 0 aromatic carbocycles. The lowest BCUT2D eigenvalue weighted by Crippen LogP contribution is -2.20. The van der Waals surface area contributed by atoms with E-state index in [9.17, 15) is 4.79 Å².